The maximum Gasteiger partial charge on any atom is 0.339 e. The van der Waals surface area contributed by atoms with Gasteiger partial charge < -0.3 is 19.5 Å². The number of esters is 1. The molecule has 2 aromatic rings. The van der Waals surface area contributed by atoms with Gasteiger partial charge >= 0.3 is 5.97 Å². The molecule has 132 valence electrons. The fourth-order valence-corrected chi connectivity index (χ4v) is 2.21. The van der Waals surface area contributed by atoms with Crippen molar-refractivity contribution in [3.05, 3.63) is 53.6 Å². The highest BCUT2D eigenvalue weighted by molar-refractivity contribution is 5.97. The van der Waals surface area contributed by atoms with Gasteiger partial charge in [0.2, 0.25) is 0 Å². The lowest BCUT2D eigenvalue weighted by Crippen LogP contribution is -2.30. The largest absolute Gasteiger partial charge is 0.493 e. The number of benzene rings is 2. The van der Waals surface area contributed by atoms with Gasteiger partial charge in [0.25, 0.3) is 5.91 Å². The van der Waals surface area contributed by atoms with Gasteiger partial charge in [-0.05, 0) is 49.7 Å². The van der Waals surface area contributed by atoms with Crippen LogP contribution in [-0.4, -0.2) is 32.2 Å². The molecule has 0 spiro atoms. The van der Waals surface area contributed by atoms with E-state index in [1.54, 1.807) is 18.2 Å². The highest BCUT2D eigenvalue weighted by Gasteiger charge is 2.20. The summed E-state index contributed by atoms with van der Waals surface area (Å²) >= 11 is 0. The van der Waals surface area contributed by atoms with E-state index >= 15 is 0 Å². The fourth-order valence-electron chi connectivity index (χ4n) is 2.21. The van der Waals surface area contributed by atoms with Crippen LogP contribution in [0.4, 0.5) is 5.69 Å². The zero-order chi connectivity index (χ0) is 18.4. The summed E-state index contributed by atoms with van der Waals surface area (Å²) in [4.78, 5) is 24.4. The predicted octanol–water partition coefficient (Wildman–Crippen LogP) is 3.20. The van der Waals surface area contributed by atoms with Crippen molar-refractivity contribution in [1.82, 2.24) is 0 Å². The van der Waals surface area contributed by atoms with E-state index in [4.69, 9.17) is 14.2 Å². The molecule has 0 unspecified atom stereocenters. The number of anilines is 1. The van der Waals surface area contributed by atoms with Crippen LogP contribution in [0, 0.1) is 6.92 Å². The number of rotatable bonds is 6. The van der Waals surface area contributed by atoms with Gasteiger partial charge in [-0.15, -0.1) is 0 Å². The van der Waals surface area contributed by atoms with E-state index in [0.717, 1.165) is 5.56 Å². The van der Waals surface area contributed by atoms with Gasteiger partial charge in [0.05, 0.1) is 19.8 Å². The highest BCUT2D eigenvalue weighted by atomic mass is 16.5. The number of amides is 1. The van der Waals surface area contributed by atoms with Crippen LogP contribution in [0.3, 0.4) is 0 Å². The number of carbonyl (C=O) groups is 2. The molecule has 6 heteroatoms. The topological polar surface area (TPSA) is 73.9 Å². The second-order valence-electron chi connectivity index (χ2n) is 5.48. The van der Waals surface area contributed by atoms with Crippen molar-refractivity contribution >= 4 is 17.6 Å². The maximum atomic E-state index is 12.2. The molecule has 1 N–H and O–H groups in total. The molecule has 0 bridgehead atoms. The Labute approximate surface area is 146 Å². The number of hydrogen-bond acceptors (Lipinski definition) is 5. The van der Waals surface area contributed by atoms with E-state index < -0.39 is 18.0 Å². The molecule has 1 amide bonds. The van der Waals surface area contributed by atoms with Crippen molar-refractivity contribution in [2.24, 2.45) is 0 Å². The molecule has 0 aliphatic heterocycles. The molecule has 0 radical (unpaired) electrons. The van der Waals surface area contributed by atoms with Crippen molar-refractivity contribution < 1.29 is 23.8 Å². The summed E-state index contributed by atoms with van der Waals surface area (Å²) < 4.78 is 15.5. The molecule has 0 aromatic heterocycles. The lowest BCUT2D eigenvalue weighted by Gasteiger charge is -2.14. The first kappa shape index (κ1) is 18.3. The van der Waals surface area contributed by atoms with Gasteiger partial charge in [-0.3, -0.25) is 4.79 Å². The van der Waals surface area contributed by atoms with Crippen LogP contribution in [0.5, 0.6) is 11.5 Å². The Bertz CT molecular complexity index is 772. The minimum absolute atomic E-state index is 0.271. The van der Waals surface area contributed by atoms with E-state index in [1.165, 1.54) is 27.2 Å². The van der Waals surface area contributed by atoms with Gasteiger partial charge in [-0.2, -0.15) is 0 Å². The number of methoxy groups -OCH3 is 2. The first-order chi connectivity index (χ1) is 11.9. The van der Waals surface area contributed by atoms with Crippen LogP contribution >= 0.6 is 0 Å². The molecular weight excluding hydrogens is 322 g/mol. The van der Waals surface area contributed by atoms with Crippen LogP contribution in [0.15, 0.2) is 42.5 Å². The summed E-state index contributed by atoms with van der Waals surface area (Å²) in [5.74, 6) is -0.106. The van der Waals surface area contributed by atoms with Crippen molar-refractivity contribution in [2.75, 3.05) is 19.5 Å². The predicted molar refractivity (Wildman–Crippen MR) is 94.2 cm³/mol. The maximum absolute atomic E-state index is 12.2. The van der Waals surface area contributed by atoms with E-state index in [2.05, 4.69) is 5.32 Å². The third kappa shape index (κ3) is 4.73. The molecule has 0 aliphatic carbocycles. The van der Waals surface area contributed by atoms with Crippen LogP contribution in [0.25, 0.3) is 0 Å². The van der Waals surface area contributed by atoms with E-state index in [9.17, 15) is 9.59 Å². The summed E-state index contributed by atoms with van der Waals surface area (Å²) in [7, 11) is 2.98. The number of hydrogen-bond donors (Lipinski definition) is 1. The molecule has 25 heavy (non-hydrogen) atoms. The highest BCUT2D eigenvalue weighted by Crippen LogP contribution is 2.28. The molecule has 0 heterocycles. The zero-order valence-electron chi connectivity index (χ0n) is 14.7. The van der Waals surface area contributed by atoms with Crippen molar-refractivity contribution in [3.63, 3.8) is 0 Å². The Morgan fingerprint density at radius 2 is 1.72 bits per heavy atom. The second kappa shape index (κ2) is 8.19. The van der Waals surface area contributed by atoms with Crippen LogP contribution in [0.2, 0.25) is 0 Å². The Morgan fingerprint density at radius 3 is 2.36 bits per heavy atom. The molecule has 1 atom stereocenters. The molecule has 0 fully saturated rings. The van der Waals surface area contributed by atoms with Gasteiger partial charge in [0.1, 0.15) is 0 Å². The Balaban J connectivity index is 2.03. The molecule has 6 nitrogen and oxygen atoms in total. The molecule has 0 aliphatic rings. The standard InChI is InChI=1S/C19H21NO5/c1-12-6-5-7-15(10-12)20-18(21)13(2)25-19(22)14-8-9-16(23-3)17(11-14)24-4/h5-11,13H,1-4H3,(H,20,21)/t13-/m1/s1. The quantitative estimate of drug-likeness (QED) is 0.816. The molecule has 2 rings (SSSR count). The van der Waals surface area contributed by atoms with Crippen molar-refractivity contribution in [3.8, 4) is 11.5 Å². The first-order valence-corrected chi connectivity index (χ1v) is 7.75. The molecule has 0 saturated carbocycles. The van der Waals surface area contributed by atoms with Gasteiger partial charge in [-0.25, -0.2) is 4.79 Å². The Kier molecular flexibility index (Phi) is 6.00. The van der Waals surface area contributed by atoms with Crippen LogP contribution < -0.4 is 14.8 Å². The average molecular weight is 343 g/mol. The third-order valence-corrected chi connectivity index (χ3v) is 3.56. The minimum atomic E-state index is -0.943. The average Bonchev–Trinajstić information content (AvgIpc) is 2.60. The van der Waals surface area contributed by atoms with E-state index in [1.807, 2.05) is 25.1 Å². The van der Waals surface area contributed by atoms with Gasteiger partial charge in [0, 0.05) is 5.69 Å². The molecular formula is C19H21NO5. The number of carbonyl (C=O) groups excluding carboxylic acids is 2. The second-order valence-corrected chi connectivity index (χ2v) is 5.48. The van der Waals surface area contributed by atoms with E-state index in [-0.39, 0.29) is 5.56 Å². The summed E-state index contributed by atoms with van der Waals surface area (Å²) in [5, 5.41) is 2.72. The normalized spacial score (nSPS) is 11.4. The number of aryl methyl sites for hydroxylation is 1. The third-order valence-electron chi connectivity index (χ3n) is 3.56. The summed E-state index contributed by atoms with van der Waals surface area (Å²) in [6.45, 7) is 3.44. The van der Waals surface area contributed by atoms with Crippen molar-refractivity contribution in [2.45, 2.75) is 20.0 Å². The van der Waals surface area contributed by atoms with E-state index in [0.29, 0.717) is 17.2 Å². The Hall–Kier alpha value is -3.02. The zero-order valence-corrected chi connectivity index (χ0v) is 14.7. The van der Waals surface area contributed by atoms with Crippen molar-refractivity contribution in [1.29, 1.82) is 0 Å². The summed E-state index contributed by atoms with van der Waals surface area (Å²) in [6, 6.07) is 12.0. The van der Waals surface area contributed by atoms with Gasteiger partial charge in [0.15, 0.2) is 17.6 Å². The molecule has 2 aromatic carbocycles. The minimum Gasteiger partial charge on any atom is -0.493 e. The molecule has 0 saturated heterocycles. The lowest BCUT2D eigenvalue weighted by molar-refractivity contribution is -0.123. The summed E-state index contributed by atoms with van der Waals surface area (Å²) in [6.07, 6.45) is -0.943. The number of ether oxygens (including phenoxy) is 3. The van der Waals surface area contributed by atoms with Gasteiger partial charge in [-0.1, -0.05) is 12.1 Å². The smallest absolute Gasteiger partial charge is 0.339 e. The first-order valence-electron chi connectivity index (χ1n) is 7.75. The number of nitrogens with one attached hydrogen (secondary N) is 1. The lowest BCUT2D eigenvalue weighted by atomic mass is 10.2. The van der Waals surface area contributed by atoms with Crippen LogP contribution in [-0.2, 0) is 9.53 Å². The summed E-state index contributed by atoms with van der Waals surface area (Å²) in [5.41, 5.74) is 1.94. The Morgan fingerprint density at radius 1 is 1.00 bits per heavy atom. The monoisotopic (exact) mass is 343 g/mol. The fraction of sp³-hybridized carbons (Fsp3) is 0.263. The SMILES string of the molecule is COc1ccc(C(=O)O[C@H](C)C(=O)Nc2cccc(C)c2)cc1OC. The van der Waals surface area contributed by atoms with Crippen LogP contribution in [0.1, 0.15) is 22.8 Å².